The molecule has 1 rings (SSSR count). The standard InChI is InChI=1S/C13H27NO3/c1-14(7-9-17-10-8-15)11-12-5-3-2-4-6-13(12)16/h12-13,15-16H,2-11H2,1H3. The topological polar surface area (TPSA) is 52.9 Å². The molecule has 0 amide bonds. The van der Waals surface area contributed by atoms with Gasteiger partial charge in [0, 0.05) is 13.1 Å². The summed E-state index contributed by atoms with van der Waals surface area (Å²) >= 11 is 0. The van der Waals surface area contributed by atoms with Gasteiger partial charge in [0.05, 0.1) is 25.9 Å². The number of aliphatic hydroxyl groups is 2. The molecule has 2 N–H and O–H groups in total. The van der Waals surface area contributed by atoms with E-state index < -0.39 is 0 Å². The number of aliphatic hydroxyl groups excluding tert-OH is 2. The number of nitrogens with zero attached hydrogens (tertiary/aromatic N) is 1. The lowest BCUT2D eigenvalue weighted by Crippen LogP contribution is -2.34. The number of likely N-dealkylation sites (N-methyl/N-ethyl adjacent to an activating group) is 1. The van der Waals surface area contributed by atoms with Crippen LogP contribution in [0.25, 0.3) is 0 Å². The van der Waals surface area contributed by atoms with E-state index in [1.54, 1.807) is 0 Å². The maximum atomic E-state index is 10.0. The van der Waals surface area contributed by atoms with Crippen molar-refractivity contribution in [2.24, 2.45) is 5.92 Å². The van der Waals surface area contributed by atoms with Crippen molar-refractivity contribution < 1.29 is 14.9 Å². The van der Waals surface area contributed by atoms with Gasteiger partial charge in [0.25, 0.3) is 0 Å². The van der Waals surface area contributed by atoms with Crippen LogP contribution in [0.1, 0.15) is 32.1 Å². The predicted octanol–water partition coefficient (Wildman–Crippen LogP) is 0.868. The van der Waals surface area contributed by atoms with Crippen LogP contribution in [0.5, 0.6) is 0 Å². The summed E-state index contributed by atoms with van der Waals surface area (Å²) in [6.07, 6.45) is 5.65. The maximum absolute atomic E-state index is 10.0. The number of hydrogen-bond acceptors (Lipinski definition) is 4. The fourth-order valence-electron chi connectivity index (χ4n) is 2.46. The lowest BCUT2D eigenvalue weighted by molar-refractivity contribution is 0.0553. The Hall–Kier alpha value is -0.160. The summed E-state index contributed by atoms with van der Waals surface area (Å²) in [5.41, 5.74) is 0. The van der Waals surface area contributed by atoms with Gasteiger partial charge < -0.3 is 19.8 Å². The van der Waals surface area contributed by atoms with Crippen LogP contribution in [0.15, 0.2) is 0 Å². The van der Waals surface area contributed by atoms with Crippen LogP contribution in [0.2, 0.25) is 0 Å². The fourth-order valence-corrected chi connectivity index (χ4v) is 2.46. The third-order valence-electron chi connectivity index (χ3n) is 3.52. The van der Waals surface area contributed by atoms with Gasteiger partial charge in [-0.05, 0) is 25.8 Å². The third-order valence-corrected chi connectivity index (χ3v) is 3.52. The van der Waals surface area contributed by atoms with Gasteiger partial charge in [0.15, 0.2) is 0 Å². The predicted molar refractivity (Wildman–Crippen MR) is 68.0 cm³/mol. The van der Waals surface area contributed by atoms with E-state index in [4.69, 9.17) is 9.84 Å². The largest absolute Gasteiger partial charge is 0.394 e. The first-order valence-corrected chi connectivity index (χ1v) is 6.79. The second-order valence-corrected chi connectivity index (χ2v) is 5.06. The van der Waals surface area contributed by atoms with Crippen LogP contribution in [0.3, 0.4) is 0 Å². The Balaban J connectivity index is 2.16. The van der Waals surface area contributed by atoms with Crippen molar-refractivity contribution in [2.75, 3.05) is 40.0 Å². The Morgan fingerprint density at radius 3 is 2.71 bits per heavy atom. The highest BCUT2D eigenvalue weighted by atomic mass is 16.5. The Morgan fingerprint density at radius 2 is 1.94 bits per heavy atom. The molecular formula is C13H27NO3. The normalized spacial score (nSPS) is 26.1. The molecule has 0 aromatic carbocycles. The van der Waals surface area contributed by atoms with Gasteiger partial charge in [0.2, 0.25) is 0 Å². The molecule has 1 aliphatic carbocycles. The number of ether oxygens (including phenoxy) is 1. The smallest absolute Gasteiger partial charge is 0.0698 e. The molecule has 2 unspecified atom stereocenters. The van der Waals surface area contributed by atoms with E-state index in [-0.39, 0.29) is 12.7 Å². The van der Waals surface area contributed by atoms with Gasteiger partial charge >= 0.3 is 0 Å². The molecule has 0 heterocycles. The molecule has 17 heavy (non-hydrogen) atoms. The minimum atomic E-state index is -0.127. The summed E-state index contributed by atoms with van der Waals surface area (Å²) in [5, 5.41) is 18.6. The Kier molecular flexibility index (Phi) is 7.77. The first-order chi connectivity index (χ1) is 8.24. The minimum absolute atomic E-state index is 0.0883. The molecule has 4 nitrogen and oxygen atoms in total. The first-order valence-electron chi connectivity index (χ1n) is 6.79. The van der Waals surface area contributed by atoms with Crippen molar-refractivity contribution >= 4 is 0 Å². The summed E-state index contributed by atoms with van der Waals surface area (Å²) in [5.74, 6) is 0.417. The second kappa shape index (κ2) is 8.86. The molecule has 102 valence electrons. The zero-order chi connectivity index (χ0) is 12.5. The van der Waals surface area contributed by atoms with Crippen molar-refractivity contribution in [1.29, 1.82) is 0 Å². The Labute approximate surface area is 105 Å². The average molecular weight is 245 g/mol. The van der Waals surface area contributed by atoms with Gasteiger partial charge in [0.1, 0.15) is 0 Å². The highest BCUT2D eigenvalue weighted by Gasteiger charge is 2.22. The van der Waals surface area contributed by atoms with E-state index in [0.717, 1.165) is 25.9 Å². The van der Waals surface area contributed by atoms with Gasteiger partial charge in [-0.2, -0.15) is 0 Å². The van der Waals surface area contributed by atoms with Crippen molar-refractivity contribution in [1.82, 2.24) is 4.90 Å². The molecular weight excluding hydrogens is 218 g/mol. The van der Waals surface area contributed by atoms with Gasteiger partial charge in [-0.1, -0.05) is 19.3 Å². The van der Waals surface area contributed by atoms with Crippen molar-refractivity contribution in [2.45, 2.75) is 38.2 Å². The van der Waals surface area contributed by atoms with Crippen LogP contribution >= 0.6 is 0 Å². The van der Waals surface area contributed by atoms with Gasteiger partial charge in [-0.3, -0.25) is 0 Å². The number of rotatable bonds is 7. The molecule has 0 radical (unpaired) electrons. The second-order valence-electron chi connectivity index (χ2n) is 5.06. The van der Waals surface area contributed by atoms with E-state index in [1.807, 2.05) is 0 Å². The fraction of sp³-hybridized carbons (Fsp3) is 1.00. The molecule has 2 atom stereocenters. The molecule has 0 saturated heterocycles. The van der Waals surface area contributed by atoms with E-state index in [0.29, 0.717) is 19.1 Å². The lowest BCUT2D eigenvalue weighted by Gasteiger charge is -2.26. The van der Waals surface area contributed by atoms with Crippen LogP contribution in [0, 0.1) is 5.92 Å². The van der Waals surface area contributed by atoms with E-state index >= 15 is 0 Å². The third kappa shape index (κ3) is 6.36. The molecule has 0 aromatic rings. The van der Waals surface area contributed by atoms with E-state index in [9.17, 15) is 5.11 Å². The molecule has 1 aliphatic rings. The lowest BCUT2D eigenvalue weighted by atomic mass is 9.97. The SMILES string of the molecule is CN(CCOCCO)CC1CCCCCC1O. The molecule has 1 saturated carbocycles. The summed E-state index contributed by atoms with van der Waals surface area (Å²) in [6.45, 7) is 2.97. The van der Waals surface area contributed by atoms with Crippen LogP contribution < -0.4 is 0 Å². The van der Waals surface area contributed by atoms with Crippen LogP contribution in [-0.4, -0.2) is 61.2 Å². The molecule has 0 aliphatic heterocycles. The molecule has 0 bridgehead atoms. The molecule has 0 spiro atoms. The summed E-state index contributed by atoms with van der Waals surface area (Å²) < 4.78 is 5.24. The first kappa shape index (κ1) is 14.9. The Morgan fingerprint density at radius 1 is 1.18 bits per heavy atom. The summed E-state index contributed by atoms with van der Waals surface area (Å²) in [7, 11) is 2.07. The van der Waals surface area contributed by atoms with Crippen molar-refractivity contribution in [3.8, 4) is 0 Å². The van der Waals surface area contributed by atoms with E-state index in [2.05, 4.69) is 11.9 Å². The zero-order valence-electron chi connectivity index (χ0n) is 11.0. The molecule has 4 heteroatoms. The Bertz CT molecular complexity index is 190. The van der Waals surface area contributed by atoms with Gasteiger partial charge in [-0.25, -0.2) is 0 Å². The quantitative estimate of drug-likeness (QED) is 0.516. The number of hydrogen-bond donors (Lipinski definition) is 2. The van der Waals surface area contributed by atoms with Crippen LogP contribution in [0.4, 0.5) is 0 Å². The monoisotopic (exact) mass is 245 g/mol. The average Bonchev–Trinajstić information content (AvgIpc) is 2.51. The van der Waals surface area contributed by atoms with Crippen LogP contribution in [-0.2, 0) is 4.74 Å². The van der Waals surface area contributed by atoms with E-state index in [1.165, 1.54) is 19.3 Å². The minimum Gasteiger partial charge on any atom is -0.394 e. The van der Waals surface area contributed by atoms with Gasteiger partial charge in [-0.15, -0.1) is 0 Å². The molecule has 1 fully saturated rings. The maximum Gasteiger partial charge on any atom is 0.0698 e. The summed E-state index contributed by atoms with van der Waals surface area (Å²) in [4.78, 5) is 2.22. The van der Waals surface area contributed by atoms with Crippen molar-refractivity contribution in [3.63, 3.8) is 0 Å². The highest BCUT2D eigenvalue weighted by molar-refractivity contribution is 4.75. The highest BCUT2D eigenvalue weighted by Crippen LogP contribution is 2.23. The summed E-state index contributed by atoms with van der Waals surface area (Å²) in [6, 6.07) is 0. The van der Waals surface area contributed by atoms with Crippen molar-refractivity contribution in [3.05, 3.63) is 0 Å². The zero-order valence-corrected chi connectivity index (χ0v) is 11.0. The molecule has 0 aromatic heterocycles.